The molecule has 1 rings (SSSR count). The molecule has 1 unspecified atom stereocenters. The van der Waals surface area contributed by atoms with Gasteiger partial charge in [0.2, 0.25) is 0 Å². The highest BCUT2D eigenvalue weighted by molar-refractivity contribution is 5.33. The summed E-state index contributed by atoms with van der Waals surface area (Å²) in [6, 6.07) is 8.21. The largest absolute Gasteiger partial charge is 0.496 e. The van der Waals surface area contributed by atoms with Gasteiger partial charge in [-0.3, -0.25) is 0 Å². The van der Waals surface area contributed by atoms with Gasteiger partial charge in [0.1, 0.15) is 5.75 Å². The normalized spacial score (nSPS) is 12.4. The molecular formula is C14H23NO2. The molecule has 0 radical (unpaired) electrons. The molecule has 1 aromatic carbocycles. The third-order valence-corrected chi connectivity index (χ3v) is 2.74. The summed E-state index contributed by atoms with van der Waals surface area (Å²) in [6.07, 6.45) is 1.03. The van der Waals surface area contributed by atoms with Crippen LogP contribution in [-0.4, -0.2) is 33.9 Å². The van der Waals surface area contributed by atoms with E-state index in [0.717, 1.165) is 31.9 Å². The van der Waals surface area contributed by atoms with Crippen molar-refractivity contribution in [3.63, 3.8) is 0 Å². The molecule has 0 amide bonds. The Bertz CT molecular complexity index is 315. The first kappa shape index (κ1) is 14.0. The van der Waals surface area contributed by atoms with Gasteiger partial charge >= 0.3 is 0 Å². The minimum atomic E-state index is 0.586. The van der Waals surface area contributed by atoms with Gasteiger partial charge in [-0.05, 0) is 30.5 Å². The Labute approximate surface area is 104 Å². The lowest BCUT2D eigenvalue weighted by Gasteiger charge is -2.14. The van der Waals surface area contributed by atoms with Gasteiger partial charge < -0.3 is 14.8 Å². The maximum absolute atomic E-state index is 5.35. The lowest BCUT2D eigenvalue weighted by atomic mass is 10.0. The number of ether oxygens (including phenoxy) is 2. The predicted molar refractivity (Wildman–Crippen MR) is 70.6 cm³/mol. The number of para-hydroxylation sites is 1. The second kappa shape index (κ2) is 8.09. The highest BCUT2D eigenvalue weighted by Crippen LogP contribution is 2.20. The second-order valence-corrected chi connectivity index (χ2v) is 4.32. The quantitative estimate of drug-likeness (QED) is 0.702. The standard InChI is InChI=1S/C14H23NO2/c1-12(11-15-8-9-16-2)10-13-6-4-5-7-14(13)17-3/h4-7,12,15H,8-11H2,1-3H3. The summed E-state index contributed by atoms with van der Waals surface area (Å²) in [4.78, 5) is 0. The van der Waals surface area contributed by atoms with Crippen molar-refractivity contribution in [2.75, 3.05) is 33.9 Å². The summed E-state index contributed by atoms with van der Waals surface area (Å²) in [6.45, 7) is 4.92. The molecule has 0 aliphatic rings. The first-order valence-electron chi connectivity index (χ1n) is 6.09. The van der Waals surface area contributed by atoms with Crippen molar-refractivity contribution in [3.05, 3.63) is 29.8 Å². The molecule has 17 heavy (non-hydrogen) atoms. The molecule has 0 aliphatic heterocycles. The Kier molecular flexibility index (Phi) is 6.67. The predicted octanol–water partition coefficient (Wildman–Crippen LogP) is 2.11. The zero-order valence-electron chi connectivity index (χ0n) is 11.0. The van der Waals surface area contributed by atoms with Gasteiger partial charge in [0.15, 0.2) is 0 Å². The van der Waals surface area contributed by atoms with E-state index < -0.39 is 0 Å². The van der Waals surface area contributed by atoms with Crippen molar-refractivity contribution in [1.82, 2.24) is 5.32 Å². The average molecular weight is 237 g/mol. The monoisotopic (exact) mass is 237 g/mol. The van der Waals surface area contributed by atoms with E-state index in [-0.39, 0.29) is 0 Å². The molecular weight excluding hydrogens is 214 g/mol. The molecule has 1 aromatic rings. The number of nitrogens with one attached hydrogen (secondary N) is 1. The third kappa shape index (κ3) is 5.20. The summed E-state index contributed by atoms with van der Waals surface area (Å²) in [5.74, 6) is 1.57. The van der Waals surface area contributed by atoms with Gasteiger partial charge in [-0.2, -0.15) is 0 Å². The van der Waals surface area contributed by atoms with Crippen LogP contribution in [0.25, 0.3) is 0 Å². The Balaban J connectivity index is 2.36. The number of methoxy groups -OCH3 is 2. The number of hydrogen-bond acceptors (Lipinski definition) is 3. The molecule has 1 atom stereocenters. The Morgan fingerprint density at radius 3 is 2.71 bits per heavy atom. The van der Waals surface area contributed by atoms with Crippen molar-refractivity contribution in [1.29, 1.82) is 0 Å². The average Bonchev–Trinajstić information content (AvgIpc) is 2.35. The van der Waals surface area contributed by atoms with E-state index in [0.29, 0.717) is 5.92 Å². The first-order valence-corrected chi connectivity index (χ1v) is 6.09. The summed E-state index contributed by atoms with van der Waals surface area (Å²) >= 11 is 0. The smallest absolute Gasteiger partial charge is 0.122 e. The molecule has 1 N–H and O–H groups in total. The Morgan fingerprint density at radius 1 is 1.24 bits per heavy atom. The van der Waals surface area contributed by atoms with Crippen LogP contribution in [0.1, 0.15) is 12.5 Å². The first-order chi connectivity index (χ1) is 8.27. The van der Waals surface area contributed by atoms with E-state index in [1.165, 1.54) is 5.56 Å². The molecule has 0 spiro atoms. The SMILES string of the molecule is COCCNCC(C)Cc1ccccc1OC. The summed E-state index contributed by atoms with van der Waals surface area (Å²) < 4.78 is 10.3. The second-order valence-electron chi connectivity index (χ2n) is 4.32. The fraction of sp³-hybridized carbons (Fsp3) is 0.571. The van der Waals surface area contributed by atoms with Gasteiger partial charge in [0, 0.05) is 13.7 Å². The van der Waals surface area contributed by atoms with E-state index >= 15 is 0 Å². The van der Waals surface area contributed by atoms with Gasteiger partial charge in [0.05, 0.1) is 13.7 Å². The minimum absolute atomic E-state index is 0.586. The lowest BCUT2D eigenvalue weighted by molar-refractivity contribution is 0.198. The lowest BCUT2D eigenvalue weighted by Crippen LogP contribution is -2.25. The highest BCUT2D eigenvalue weighted by atomic mass is 16.5. The number of hydrogen-bond donors (Lipinski definition) is 1. The molecule has 0 aromatic heterocycles. The molecule has 3 heteroatoms. The van der Waals surface area contributed by atoms with Crippen molar-refractivity contribution in [2.45, 2.75) is 13.3 Å². The van der Waals surface area contributed by atoms with Crippen LogP contribution in [0, 0.1) is 5.92 Å². The maximum Gasteiger partial charge on any atom is 0.122 e. The molecule has 0 bridgehead atoms. The van der Waals surface area contributed by atoms with Crippen molar-refractivity contribution >= 4 is 0 Å². The fourth-order valence-corrected chi connectivity index (χ4v) is 1.84. The van der Waals surface area contributed by atoms with Crippen LogP contribution >= 0.6 is 0 Å². The third-order valence-electron chi connectivity index (χ3n) is 2.74. The van der Waals surface area contributed by atoms with E-state index in [4.69, 9.17) is 9.47 Å². The van der Waals surface area contributed by atoms with Crippen molar-refractivity contribution < 1.29 is 9.47 Å². The van der Waals surface area contributed by atoms with Crippen molar-refractivity contribution in [3.8, 4) is 5.75 Å². The van der Waals surface area contributed by atoms with E-state index in [1.807, 2.05) is 12.1 Å². The van der Waals surface area contributed by atoms with E-state index in [1.54, 1.807) is 14.2 Å². The fourth-order valence-electron chi connectivity index (χ4n) is 1.84. The molecule has 0 aliphatic carbocycles. The maximum atomic E-state index is 5.35. The molecule has 0 saturated carbocycles. The highest BCUT2D eigenvalue weighted by Gasteiger charge is 2.07. The molecule has 0 fully saturated rings. The minimum Gasteiger partial charge on any atom is -0.496 e. The van der Waals surface area contributed by atoms with Crippen LogP contribution in [0.15, 0.2) is 24.3 Å². The molecule has 0 heterocycles. The van der Waals surface area contributed by atoms with Gasteiger partial charge in [-0.1, -0.05) is 25.1 Å². The Hall–Kier alpha value is -1.06. The van der Waals surface area contributed by atoms with Crippen LogP contribution < -0.4 is 10.1 Å². The van der Waals surface area contributed by atoms with Gasteiger partial charge in [0.25, 0.3) is 0 Å². The van der Waals surface area contributed by atoms with Gasteiger partial charge in [-0.15, -0.1) is 0 Å². The van der Waals surface area contributed by atoms with Crippen LogP contribution in [0.2, 0.25) is 0 Å². The molecule has 3 nitrogen and oxygen atoms in total. The summed E-state index contributed by atoms with van der Waals surface area (Å²) in [5.41, 5.74) is 1.27. The van der Waals surface area contributed by atoms with Crippen LogP contribution in [0.4, 0.5) is 0 Å². The van der Waals surface area contributed by atoms with Crippen LogP contribution in [0.5, 0.6) is 5.75 Å². The van der Waals surface area contributed by atoms with E-state index in [2.05, 4.69) is 24.4 Å². The Morgan fingerprint density at radius 2 is 2.00 bits per heavy atom. The van der Waals surface area contributed by atoms with Crippen LogP contribution in [-0.2, 0) is 11.2 Å². The topological polar surface area (TPSA) is 30.5 Å². The van der Waals surface area contributed by atoms with Crippen molar-refractivity contribution in [2.24, 2.45) is 5.92 Å². The molecule has 96 valence electrons. The summed E-state index contributed by atoms with van der Waals surface area (Å²) in [5, 5.41) is 3.38. The van der Waals surface area contributed by atoms with E-state index in [9.17, 15) is 0 Å². The number of benzene rings is 1. The van der Waals surface area contributed by atoms with Crippen LogP contribution in [0.3, 0.4) is 0 Å². The zero-order valence-corrected chi connectivity index (χ0v) is 11.0. The zero-order chi connectivity index (χ0) is 12.5. The molecule has 0 saturated heterocycles. The summed E-state index contributed by atoms with van der Waals surface area (Å²) in [7, 11) is 3.44. The number of rotatable bonds is 8. The van der Waals surface area contributed by atoms with Gasteiger partial charge in [-0.25, -0.2) is 0 Å².